The molecular formula is C9H12FN3O. The number of hydrazine groups is 1. The summed E-state index contributed by atoms with van der Waals surface area (Å²) < 4.78 is 12.7. The van der Waals surface area contributed by atoms with Crippen molar-refractivity contribution in [3.8, 4) is 0 Å². The fourth-order valence-electron chi connectivity index (χ4n) is 1.00. The van der Waals surface area contributed by atoms with E-state index in [1.165, 1.54) is 17.1 Å². The van der Waals surface area contributed by atoms with Gasteiger partial charge in [0.25, 0.3) is 5.91 Å². The maximum atomic E-state index is 12.7. The minimum atomic E-state index is -0.455. The Morgan fingerprint density at radius 3 is 2.64 bits per heavy atom. The molecule has 0 radical (unpaired) electrons. The first-order valence-electron chi connectivity index (χ1n) is 4.04. The van der Waals surface area contributed by atoms with E-state index in [-0.39, 0.29) is 17.2 Å². The molecule has 4 nitrogen and oxygen atoms in total. The van der Waals surface area contributed by atoms with Crippen molar-refractivity contribution >= 4 is 11.6 Å². The summed E-state index contributed by atoms with van der Waals surface area (Å²) in [6, 6.07) is 3.66. The number of rotatable bonds is 2. The van der Waals surface area contributed by atoms with Gasteiger partial charge in [0.1, 0.15) is 5.82 Å². The summed E-state index contributed by atoms with van der Waals surface area (Å²) in [6.45, 7) is 0. The summed E-state index contributed by atoms with van der Waals surface area (Å²) in [7, 11) is 3.36. The molecule has 0 atom stereocenters. The number of benzene rings is 1. The summed E-state index contributed by atoms with van der Waals surface area (Å²) in [5.74, 6) is -0.809. The first-order valence-corrected chi connectivity index (χ1v) is 4.04. The molecule has 14 heavy (non-hydrogen) atoms. The van der Waals surface area contributed by atoms with Gasteiger partial charge in [0.2, 0.25) is 0 Å². The molecule has 0 saturated heterocycles. The number of carbonyl (C=O) groups excluding carboxylic acids is 1. The molecule has 0 saturated carbocycles. The van der Waals surface area contributed by atoms with Crippen LogP contribution in [-0.4, -0.2) is 25.0 Å². The molecule has 76 valence electrons. The normalized spacial score (nSPS) is 10.3. The lowest BCUT2D eigenvalue weighted by Crippen LogP contribution is -2.36. The minimum absolute atomic E-state index is 0.129. The Hall–Kier alpha value is -1.62. The molecule has 1 aromatic rings. The van der Waals surface area contributed by atoms with Gasteiger partial charge in [0, 0.05) is 19.8 Å². The smallest absolute Gasteiger partial charge is 0.267 e. The second-order valence-corrected chi connectivity index (χ2v) is 3.07. The summed E-state index contributed by atoms with van der Waals surface area (Å²) in [4.78, 5) is 11.4. The van der Waals surface area contributed by atoms with Gasteiger partial charge < -0.3 is 5.73 Å². The summed E-state index contributed by atoms with van der Waals surface area (Å²) in [5, 5.41) is 1.49. The topological polar surface area (TPSA) is 58.4 Å². The standard InChI is InChI=1S/C9H12FN3O/c1-13(2)12-9(14)7-4-3-6(10)5-8(7)11/h3-5H,11H2,1-2H3,(H,12,14). The molecule has 0 fully saturated rings. The quantitative estimate of drug-likeness (QED) is 0.539. The molecule has 3 N–H and O–H groups in total. The van der Waals surface area contributed by atoms with Gasteiger partial charge in [-0.3, -0.25) is 10.2 Å². The van der Waals surface area contributed by atoms with E-state index < -0.39 is 5.82 Å². The van der Waals surface area contributed by atoms with Gasteiger partial charge in [-0.1, -0.05) is 0 Å². The van der Waals surface area contributed by atoms with Gasteiger partial charge in [-0.15, -0.1) is 0 Å². The number of nitrogen functional groups attached to an aromatic ring is 1. The fraction of sp³-hybridized carbons (Fsp3) is 0.222. The van der Waals surface area contributed by atoms with Crippen LogP contribution in [0.3, 0.4) is 0 Å². The monoisotopic (exact) mass is 197 g/mol. The Labute approximate surface area is 81.5 Å². The van der Waals surface area contributed by atoms with Crippen LogP contribution >= 0.6 is 0 Å². The molecule has 0 bridgehead atoms. The van der Waals surface area contributed by atoms with Crippen LogP contribution in [0.15, 0.2) is 18.2 Å². The number of carbonyl (C=O) groups is 1. The number of hydrogen-bond donors (Lipinski definition) is 2. The SMILES string of the molecule is CN(C)NC(=O)c1ccc(F)cc1N. The Bertz CT molecular complexity index is 352. The molecule has 1 amide bonds. The van der Waals surface area contributed by atoms with Gasteiger partial charge >= 0.3 is 0 Å². The second-order valence-electron chi connectivity index (χ2n) is 3.07. The van der Waals surface area contributed by atoms with Crippen molar-refractivity contribution in [2.24, 2.45) is 0 Å². The van der Waals surface area contributed by atoms with Gasteiger partial charge in [-0.05, 0) is 18.2 Å². The van der Waals surface area contributed by atoms with E-state index in [1.54, 1.807) is 14.1 Å². The van der Waals surface area contributed by atoms with Crippen molar-refractivity contribution in [2.45, 2.75) is 0 Å². The number of nitrogens with zero attached hydrogens (tertiary/aromatic N) is 1. The summed E-state index contributed by atoms with van der Waals surface area (Å²) >= 11 is 0. The molecule has 0 aliphatic carbocycles. The largest absolute Gasteiger partial charge is 0.398 e. The van der Waals surface area contributed by atoms with Crippen LogP contribution in [0.5, 0.6) is 0 Å². The first kappa shape index (κ1) is 10.5. The first-order chi connectivity index (χ1) is 6.50. The predicted octanol–water partition coefficient (Wildman–Crippen LogP) is 0.614. The van der Waals surface area contributed by atoms with Crippen LogP contribution in [0.1, 0.15) is 10.4 Å². The summed E-state index contributed by atoms with van der Waals surface area (Å²) in [6.07, 6.45) is 0. The van der Waals surface area contributed by atoms with Gasteiger partial charge in [-0.25, -0.2) is 9.40 Å². The van der Waals surface area contributed by atoms with E-state index in [2.05, 4.69) is 5.43 Å². The van der Waals surface area contributed by atoms with E-state index in [4.69, 9.17) is 5.73 Å². The number of nitrogens with one attached hydrogen (secondary N) is 1. The van der Waals surface area contributed by atoms with E-state index in [9.17, 15) is 9.18 Å². The van der Waals surface area contributed by atoms with Gasteiger partial charge in [0.05, 0.1) is 5.56 Å². The second kappa shape index (κ2) is 4.06. The third-order valence-corrected chi connectivity index (χ3v) is 1.58. The molecule has 1 rings (SSSR count). The maximum absolute atomic E-state index is 12.7. The zero-order valence-electron chi connectivity index (χ0n) is 8.04. The van der Waals surface area contributed by atoms with Crippen molar-refractivity contribution in [1.29, 1.82) is 0 Å². The van der Waals surface area contributed by atoms with Crippen molar-refractivity contribution in [2.75, 3.05) is 19.8 Å². The Balaban J connectivity index is 2.90. The number of nitrogens with two attached hydrogens (primary N) is 1. The molecular weight excluding hydrogens is 185 g/mol. The van der Waals surface area contributed by atoms with Crippen LogP contribution in [0.2, 0.25) is 0 Å². The van der Waals surface area contributed by atoms with E-state index in [1.807, 2.05) is 0 Å². The Kier molecular flexibility index (Phi) is 3.03. The molecule has 0 heterocycles. The lowest BCUT2D eigenvalue weighted by molar-refractivity contribution is 0.0858. The van der Waals surface area contributed by atoms with Gasteiger partial charge in [0.15, 0.2) is 0 Å². The highest BCUT2D eigenvalue weighted by Crippen LogP contribution is 2.12. The molecule has 0 aromatic heterocycles. The zero-order valence-corrected chi connectivity index (χ0v) is 8.04. The maximum Gasteiger partial charge on any atom is 0.267 e. The average Bonchev–Trinajstić information content (AvgIpc) is 2.01. The van der Waals surface area contributed by atoms with Crippen molar-refractivity contribution < 1.29 is 9.18 Å². The number of amides is 1. The number of halogens is 1. The van der Waals surface area contributed by atoms with E-state index in [0.29, 0.717) is 0 Å². The molecule has 0 aliphatic rings. The zero-order chi connectivity index (χ0) is 10.7. The van der Waals surface area contributed by atoms with Crippen molar-refractivity contribution in [3.63, 3.8) is 0 Å². The fourth-order valence-corrected chi connectivity index (χ4v) is 1.00. The highest BCUT2D eigenvalue weighted by molar-refractivity contribution is 5.98. The highest BCUT2D eigenvalue weighted by Gasteiger charge is 2.10. The summed E-state index contributed by atoms with van der Waals surface area (Å²) in [5.41, 5.74) is 8.38. The van der Waals surface area contributed by atoms with Crippen LogP contribution in [0, 0.1) is 5.82 Å². The van der Waals surface area contributed by atoms with E-state index >= 15 is 0 Å². The van der Waals surface area contributed by atoms with E-state index in [0.717, 1.165) is 6.07 Å². The highest BCUT2D eigenvalue weighted by atomic mass is 19.1. The predicted molar refractivity (Wildman–Crippen MR) is 52.0 cm³/mol. The van der Waals surface area contributed by atoms with Crippen molar-refractivity contribution in [3.05, 3.63) is 29.6 Å². The molecule has 1 aromatic carbocycles. The molecule has 0 spiro atoms. The third kappa shape index (κ3) is 2.43. The number of hydrogen-bond acceptors (Lipinski definition) is 3. The van der Waals surface area contributed by atoms with Crippen molar-refractivity contribution in [1.82, 2.24) is 10.4 Å². The average molecular weight is 197 g/mol. The molecule has 5 heteroatoms. The third-order valence-electron chi connectivity index (χ3n) is 1.58. The van der Waals surface area contributed by atoms with Crippen LogP contribution in [-0.2, 0) is 0 Å². The van der Waals surface area contributed by atoms with Crippen LogP contribution in [0.4, 0.5) is 10.1 Å². The van der Waals surface area contributed by atoms with Crippen LogP contribution < -0.4 is 11.2 Å². The molecule has 0 aliphatic heterocycles. The Morgan fingerprint density at radius 2 is 2.14 bits per heavy atom. The lowest BCUT2D eigenvalue weighted by Gasteiger charge is -2.12. The Morgan fingerprint density at radius 1 is 1.50 bits per heavy atom. The lowest BCUT2D eigenvalue weighted by atomic mass is 10.1. The molecule has 0 unspecified atom stereocenters. The van der Waals surface area contributed by atoms with Crippen LogP contribution in [0.25, 0.3) is 0 Å². The number of anilines is 1. The minimum Gasteiger partial charge on any atom is -0.398 e. The van der Waals surface area contributed by atoms with Gasteiger partial charge in [-0.2, -0.15) is 0 Å².